The second-order valence-corrected chi connectivity index (χ2v) is 6.13. The van der Waals surface area contributed by atoms with Crippen molar-refractivity contribution in [1.82, 2.24) is 5.32 Å². The molecule has 2 nitrogen and oxygen atoms in total. The van der Waals surface area contributed by atoms with Gasteiger partial charge in [-0.3, -0.25) is 4.79 Å². The van der Waals surface area contributed by atoms with Crippen LogP contribution in [0.1, 0.15) is 34.8 Å². The van der Waals surface area contributed by atoms with E-state index in [1.807, 2.05) is 42.5 Å². The third-order valence-electron chi connectivity index (χ3n) is 3.63. The van der Waals surface area contributed by atoms with E-state index in [0.717, 1.165) is 4.47 Å². The zero-order valence-corrected chi connectivity index (χ0v) is 12.6. The minimum absolute atomic E-state index is 0.00736. The van der Waals surface area contributed by atoms with Gasteiger partial charge < -0.3 is 5.32 Å². The predicted octanol–water partition coefficient (Wildman–Crippen LogP) is 4.33. The largest absolute Gasteiger partial charge is 0.345 e. The van der Waals surface area contributed by atoms with Crippen LogP contribution in [0.4, 0.5) is 0 Å². The molecule has 0 heterocycles. The maximum absolute atomic E-state index is 12.4. The molecule has 1 aliphatic rings. The van der Waals surface area contributed by atoms with E-state index in [9.17, 15) is 4.79 Å². The van der Waals surface area contributed by atoms with E-state index in [1.54, 1.807) is 0 Å². The van der Waals surface area contributed by atoms with Crippen molar-refractivity contribution in [3.8, 4) is 0 Å². The highest BCUT2D eigenvalue weighted by Gasteiger charge is 2.33. The van der Waals surface area contributed by atoms with E-state index in [0.29, 0.717) is 11.5 Å². The summed E-state index contributed by atoms with van der Waals surface area (Å²) in [6, 6.07) is 17.9. The first-order valence-corrected chi connectivity index (χ1v) is 7.65. The van der Waals surface area contributed by atoms with Crippen molar-refractivity contribution in [3.05, 3.63) is 70.2 Å². The molecule has 0 unspecified atom stereocenters. The van der Waals surface area contributed by atoms with Crippen molar-refractivity contribution in [2.24, 2.45) is 5.92 Å². The molecule has 0 saturated heterocycles. The summed E-state index contributed by atoms with van der Waals surface area (Å²) >= 11 is 3.40. The van der Waals surface area contributed by atoms with Crippen LogP contribution in [0.3, 0.4) is 0 Å². The second-order valence-electron chi connectivity index (χ2n) is 5.21. The summed E-state index contributed by atoms with van der Waals surface area (Å²) in [5, 5.41) is 3.18. The Balaban J connectivity index is 1.79. The van der Waals surface area contributed by atoms with E-state index in [2.05, 4.69) is 33.4 Å². The highest BCUT2D eigenvalue weighted by atomic mass is 79.9. The number of halogens is 1. The molecular formula is C17H16BrNO. The van der Waals surface area contributed by atoms with Crippen molar-refractivity contribution in [1.29, 1.82) is 0 Å². The van der Waals surface area contributed by atoms with E-state index in [4.69, 9.17) is 0 Å². The molecule has 1 atom stereocenters. The first kappa shape index (κ1) is 13.4. The smallest absolute Gasteiger partial charge is 0.251 e. The van der Waals surface area contributed by atoms with Crippen molar-refractivity contribution >= 4 is 21.8 Å². The maximum atomic E-state index is 12.4. The van der Waals surface area contributed by atoms with Gasteiger partial charge in [0.15, 0.2) is 0 Å². The molecule has 0 bridgehead atoms. The Labute approximate surface area is 127 Å². The van der Waals surface area contributed by atoms with Crippen LogP contribution in [0.15, 0.2) is 59.1 Å². The SMILES string of the molecule is O=C(N[C@@H](c1ccccc1)C1CC1)c1cccc(Br)c1. The Morgan fingerprint density at radius 1 is 1.10 bits per heavy atom. The van der Waals surface area contributed by atoms with E-state index < -0.39 is 0 Å². The third-order valence-corrected chi connectivity index (χ3v) is 4.12. The van der Waals surface area contributed by atoms with Crippen LogP contribution in [0.5, 0.6) is 0 Å². The van der Waals surface area contributed by atoms with Crippen molar-refractivity contribution in [2.75, 3.05) is 0 Å². The molecule has 0 radical (unpaired) electrons. The molecular weight excluding hydrogens is 314 g/mol. The summed E-state index contributed by atoms with van der Waals surface area (Å²) in [5.41, 5.74) is 1.89. The topological polar surface area (TPSA) is 29.1 Å². The molecule has 1 fully saturated rings. The van der Waals surface area contributed by atoms with Gasteiger partial charge in [0.25, 0.3) is 5.91 Å². The Bertz CT molecular complexity index is 607. The lowest BCUT2D eigenvalue weighted by molar-refractivity contribution is 0.0931. The zero-order chi connectivity index (χ0) is 13.9. The number of amides is 1. The molecule has 102 valence electrons. The standard InChI is InChI=1S/C17H16BrNO/c18-15-8-4-7-14(11-15)17(20)19-16(13-9-10-13)12-5-2-1-3-6-12/h1-8,11,13,16H,9-10H2,(H,19,20)/t16-/m0/s1. The molecule has 1 saturated carbocycles. The lowest BCUT2D eigenvalue weighted by atomic mass is 10.0. The molecule has 1 amide bonds. The van der Waals surface area contributed by atoms with Crippen molar-refractivity contribution in [2.45, 2.75) is 18.9 Å². The highest BCUT2D eigenvalue weighted by Crippen LogP contribution is 2.41. The normalized spacial score (nSPS) is 15.7. The van der Waals surface area contributed by atoms with Gasteiger partial charge >= 0.3 is 0 Å². The first-order valence-electron chi connectivity index (χ1n) is 6.85. The van der Waals surface area contributed by atoms with Gasteiger partial charge in [0, 0.05) is 10.0 Å². The summed E-state index contributed by atoms with van der Waals surface area (Å²) in [4.78, 5) is 12.4. The third kappa shape index (κ3) is 3.10. The molecule has 1 N–H and O–H groups in total. The predicted molar refractivity (Wildman–Crippen MR) is 83.5 cm³/mol. The quantitative estimate of drug-likeness (QED) is 0.888. The van der Waals surface area contributed by atoms with Gasteiger partial charge in [0.2, 0.25) is 0 Å². The Morgan fingerprint density at radius 3 is 2.50 bits per heavy atom. The average molecular weight is 330 g/mol. The zero-order valence-electron chi connectivity index (χ0n) is 11.1. The van der Waals surface area contributed by atoms with Gasteiger partial charge in [0.1, 0.15) is 0 Å². The minimum atomic E-state index is -0.00736. The van der Waals surface area contributed by atoms with Crippen LogP contribution in [0, 0.1) is 5.92 Å². The monoisotopic (exact) mass is 329 g/mol. The van der Waals surface area contributed by atoms with Gasteiger partial charge in [-0.1, -0.05) is 52.3 Å². The van der Waals surface area contributed by atoms with Crippen LogP contribution in [0.2, 0.25) is 0 Å². The lowest BCUT2D eigenvalue weighted by Crippen LogP contribution is -2.29. The van der Waals surface area contributed by atoms with Crippen LogP contribution >= 0.6 is 15.9 Å². The summed E-state index contributed by atoms with van der Waals surface area (Å²) in [6.45, 7) is 0. The van der Waals surface area contributed by atoms with Crippen molar-refractivity contribution < 1.29 is 4.79 Å². The summed E-state index contributed by atoms with van der Waals surface area (Å²) < 4.78 is 0.924. The fraction of sp³-hybridized carbons (Fsp3) is 0.235. The lowest BCUT2D eigenvalue weighted by Gasteiger charge is -2.19. The molecule has 0 aromatic heterocycles. The molecule has 3 heteroatoms. The molecule has 2 aromatic carbocycles. The molecule has 20 heavy (non-hydrogen) atoms. The number of carbonyl (C=O) groups is 1. The number of rotatable bonds is 4. The molecule has 3 rings (SSSR count). The second kappa shape index (κ2) is 5.80. The van der Waals surface area contributed by atoms with Gasteiger partial charge in [-0.25, -0.2) is 0 Å². The van der Waals surface area contributed by atoms with Crippen LogP contribution < -0.4 is 5.32 Å². The van der Waals surface area contributed by atoms with Gasteiger partial charge in [-0.15, -0.1) is 0 Å². The Hall–Kier alpha value is -1.61. The Morgan fingerprint density at radius 2 is 1.85 bits per heavy atom. The van der Waals surface area contributed by atoms with Crippen molar-refractivity contribution in [3.63, 3.8) is 0 Å². The Kier molecular flexibility index (Phi) is 3.88. The first-order chi connectivity index (χ1) is 9.74. The van der Waals surface area contributed by atoms with Crippen LogP contribution in [-0.2, 0) is 0 Å². The van der Waals surface area contributed by atoms with Gasteiger partial charge in [-0.05, 0) is 42.5 Å². The number of nitrogens with one attached hydrogen (secondary N) is 1. The fourth-order valence-corrected chi connectivity index (χ4v) is 2.82. The average Bonchev–Trinajstić information content (AvgIpc) is 3.30. The van der Waals surface area contributed by atoms with Gasteiger partial charge in [-0.2, -0.15) is 0 Å². The fourth-order valence-electron chi connectivity index (χ4n) is 2.42. The molecule has 1 aliphatic carbocycles. The molecule has 2 aromatic rings. The summed E-state index contributed by atoms with van der Waals surface area (Å²) in [6.07, 6.45) is 2.39. The summed E-state index contributed by atoms with van der Waals surface area (Å²) in [7, 11) is 0. The van der Waals surface area contributed by atoms with Gasteiger partial charge in [0.05, 0.1) is 6.04 Å². The minimum Gasteiger partial charge on any atom is -0.345 e. The van der Waals surface area contributed by atoms with E-state index >= 15 is 0 Å². The van der Waals surface area contributed by atoms with Crippen LogP contribution in [-0.4, -0.2) is 5.91 Å². The van der Waals surface area contributed by atoms with E-state index in [1.165, 1.54) is 18.4 Å². The van der Waals surface area contributed by atoms with E-state index in [-0.39, 0.29) is 11.9 Å². The number of hydrogen-bond donors (Lipinski definition) is 1. The maximum Gasteiger partial charge on any atom is 0.251 e. The highest BCUT2D eigenvalue weighted by molar-refractivity contribution is 9.10. The van der Waals surface area contributed by atoms with Crippen LogP contribution in [0.25, 0.3) is 0 Å². The molecule has 0 spiro atoms. The number of carbonyl (C=O) groups excluding carboxylic acids is 1. The molecule has 0 aliphatic heterocycles. The number of benzene rings is 2. The number of hydrogen-bond acceptors (Lipinski definition) is 1. The summed E-state index contributed by atoms with van der Waals surface area (Å²) in [5.74, 6) is 0.570.